The van der Waals surface area contributed by atoms with Crippen molar-refractivity contribution in [1.82, 2.24) is 5.32 Å². The lowest BCUT2D eigenvalue weighted by molar-refractivity contribution is -0.121. The summed E-state index contributed by atoms with van der Waals surface area (Å²) in [7, 11) is 0. The van der Waals surface area contributed by atoms with E-state index in [1.54, 1.807) is 0 Å². The fourth-order valence-corrected chi connectivity index (χ4v) is 2.26. The minimum atomic E-state index is -0.905. The van der Waals surface area contributed by atoms with E-state index in [4.69, 9.17) is 0 Å². The zero-order valence-corrected chi connectivity index (χ0v) is 12.5. The summed E-state index contributed by atoms with van der Waals surface area (Å²) in [6.07, 6.45) is 1.70. The summed E-state index contributed by atoms with van der Waals surface area (Å²) in [5, 5.41) is 12.6. The first-order valence-corrected chi connectivity index (χ1v) is 7.36. The minimum Gasteiger partial charge on any atom is -0.391 e. The van der Waals surface area contributed by atoms with Crippen molar-refractivity contribution in [1.29, 1.82) is 0 Å². The molecule has 1 amide bonds. The van der Waals surface area contributed by atoms with Gasteiger partial charge in [0.25, 0.3) is 0 Å². The molecule has 0 aromatic heterocycles. The number of amides is 1. The van der Waals surface area contributed by atoms with Crippen LogP contribution in [0, 0.1) is 17.6 Å². The Morgan fingerprint density at radius 1 is 1.24 bits per heavy atom. The lowest BCUT2D eigenvalue weighted by Crippen LogP contribution is -2.36. The second-order valence-electron chi connectivity index (χ2n) is 5.20. The first kappa shape index (κ1) is 17.6. The second-order valence-corrected chi connectivity index (χ2v) is 5.20. The maximum Gasteiger partial charge on any atom is 0.220 e. The molecular formula is C16H23F2NO2. The molecule has 1 unspecified atom stereocenters. The molecule has 0 fully saturated rings. The zero-order chi connectivity index (χ0) is 15.8. The standard InChI is InChI=1S/C16H23F2NO2/c1-3-12(4-2)15(20)10-19-16(21)8-6-11-5-7-13(17)14(18)9-11/h5,7,9,12,15,20H,3-4,6,8,10H2,1-2H3,(H,19,21). The lowest BCUT2D eigenvalue weighted by atomic mass is 9.96. The van der Waals surface area contributed by atoms with Crippen molar-refractivity contribution in [3.8, 4) is 0 Å². The smallest absolute Gasteiger partial charge is 0.220 e. The van der Waals surface area contributed by atoms with Gasteiger partial charge in [-0.15, -0.1) is 0 Å². The zero-order valence-electron chi connectivity index (χ0n) is 12.5. The van der Waals surface area contributed by atoms with E-state index in [9.17, 15) is 18.7 Å². The van der Waals surface area contributed by atoms with Gasteiger partial charge in [0, 0.05) is 13.0 Å². The van der Waals surface area contributed by atoms with Crippen LogP contribution in [0.5, 0.6) is 0 Å². The van der Waals surface area contributed by atoms with Crippen LogP contribution in [-0.4, -0.2) is 23.7 Å². The van der Waals surface area contributed by atoms with Gasteiger partial charge in [-0.25, -0.2) is 8.78 Å². The van der Waals surface area contributed by atoms with Gasteiger partial charge in [-0.1, -0.05) is 32.8 Å². The molecule has 0 bridgehead atoms. The summed E-state index contributed by atoms with van der Waals surface area (Å²) >= 11 is 0. The molecule has 1 atom stereocenters. The third-order valence-electron chi connectivity index (χ3n) is 3.73. The van der Waals surface area contributed by atoms with Crippen LogP contribution in [0.2, 0.25) is 0 Å². The average Bonchev–Trinajstić information content (AvgIpc) is 2.47. The summed E-state index contributed by atoms with van der Waals surface area (Å²) < 4.78 is 25.8. The molecule has 0 aliphatic heterocycles. The summed E-state index contributed by atoms with van der Waals surface area (Å²) in [6, 6.07) is 3.62. The third-order valence-corrected chi connectivity index (χ3v) is 3.73. The van der Waals surface area contributed by atoms with Crippen LogP contribution in [0.1, 0.15) is 38.7 Å². The van der Waals surface area contributed by atoms with Gasteiger partial charge in [-0.2, -0.15) is 0 Å². The van der Waals surface area contributed by atoms with Gasteiger partial charge < -0.3 is 10.4 Å². The quantitative estimate of drug-likeness (QED) is 0.775. The van der Waals surface area contributed by atoms with Gasteiger partial charge in [0.1, 0.15) is 0 Å². The van der Waals surface area contributed by atoms with Crippen LogP contribution in [0.25, 0.3) is 0 Å². The molecule has 1 rings (SSSR count). The molecule has 0 aliphatic rings. The fourth-order valence-electron chi connectivity index (χ4n) is 2.26. The van der Waals surface area contributed by atoms with E-state index in [2.05, 4.69) is 5.32 Å². The van der Waals surface area contributed by atoms with E-state index in [-0.39, 0.29) is 24.8 Å². The van der Waals surface area contributed by atoms with Crippen molar-refractivity contribution in [2.75, 3.05) is 6.54 Å². The topological polar surface area (TPSA) is 49.3 Å². The molecule has 3 nitrogen and oxygen atoms in total. The van der Waals surface area contributed by atoms with Crippen molar-refractivity contribution >= 4 is 5.91 Å². The van der Waals surface area contributed by atoms with Crippen LogP contribution in [-0.2, 0) is 11.2 Å². The number of aryl methyl sites for hydroxylation is 1. The van der Waals surface area contributed by atoms with E-state index in [1.807, 2.05) is 13.8 Å². The average molecular weight is 299 g/mol. The van der Waals surface area contributed by atoms with E-state index in [0.717, 1.165) is 25.0 Å². The number of aliphatic hydroxyl groups is 1. The van der Waals surface area contributed by atoms with Gasteiger partial charge in [-0.05, 0) is 30.0 Å². The van der Waals surface area contributed by atoms with E-state index in [1.165, 1.54) is 6.07 Å². The Labute approximate surface area is 124 Å². The highest BCUT2D eigenvalue weighted by molar-refractivity contribution is 5.76. The predicted octanol–water partition coefficient (Wildman–Crippen LogP) is 2.81. The van der Waals surface area contributed by atoms with Crippen molar-refractivity contribution in [3.63, 3.8) is 0 Å². The van der Waals surface area contributed by atoms with Crippen molar-refractivity contribution in [2.45, 2.75) is 45.6 Å². The maximum atomic E-state index is 13.0. The summed E-state index contributed by atoms with van der Waals surface area (Å²) in [5.41, 5.74) is 0.574. The van der Waals surface area contributed by atoms with Crippen molar-refractivity contribution < 1.29 is 18.7 Å². The number of nitrogens with one attached hydrogen (secondary N) is 1. The van der Waals surface area contributed by atoms with Gasteiger partial charge in [0.15, 0.2) is 11.6 Å². The van der Waals surface area contributed by atoms with E-state index >= 15 is 0 Å². The molecule has 0 aliphatic carbocycles. The highest BCUT2D eigenvalue weighted by Crippen LogP contribution is 2.13. The molecule has 118 valence electrons. The number of hydrogen-bond acceptors (Lipinski definition) is 2. The minimum absolute atomic E-state index is 0.177. The second kappa shape index (κ2) is 8.72. The highest BCUT2D eigenvalue weighted by Gasteiger charge is 2.16. The Morgan fingerprint density at radius 2 is 1.90 bits per heavy atom. The Kier molecular flexibility index (Phi) is 7.29. The molecule has 5 heteroatoms. The van der Waals surface area contributed by atoms with Crippen LogP contribution in [0.4, 0.5) is 8.78 Å². The number of benzene rings is 1. The normalized spacial score (nSPS) is 12.5. The third kappa shape index (κ3) is 5.79. The summed E-state index contributed by atoms with van der Waals surface area (Å²) in [6.45, 7) is 4.23. The number of rotatable bonds is 8. The summed E-state index contributed by atoms with van der Waals surface area (Å²) in [4.78, 5) is 11.7. The molecular weight excluding hydrogens is 276 g/mol. The Balaban J connectivity index is 2.35. The predicted molar refractivity (Wildman–Crippen MR) is 77.8 cm³/mol. The number of hydrogen-bond donors (Lipinski definition) is 2. The molecule has 0 saturated carbocycles. The summed E-state index contributed by atoms with van der Waals surface area (Å²) in [5.74, 6) is -1.82. The Hall–Kier alpha value is -1.49. The first-order valence-electron chi connectivity index (χ1n) is 7.36. The van der Waals surface area contributed by atoms with Gasteiger partial charge in [-0.3, -0.25) is 4.79 Å². The molecule has 1 aromatic rings. The number of carbonyl (C=O) groups excluding carboxylic acids is 1. The fraction of sp³-hybridized carbons (Fsp3) is 0.562. The molecule has 0 saturated heterocycles. The van der Waals surface area contributed by atoms with Gasteiger partial charge >= 0.3 is 0 Å². The number of carbonyl (C=O) groups is 1. The SMILES string of the molecule is CCC(CC)C(O)CNC(=O)CCc1ccc(F)c(F)c1. The number of aliphatic hydroxyl groups excluding tert-OH is 1. The molecule has 21 heavy (non-hydrogen) atoms. The van der Waals surface area contributed by atoms with Crippen LogP contribution in [0.3, 0.4) is 0 Å². The van der Waals surface area contributed by atoms with Gasteiger partial charge in [0.05, 0.1) is 6.10 Å². The molecule has 1 aromatic carbocycles. The largest absolute Gasteiger partial charge is 0.391 e. The van der Waals surface area contributed by atoms with E-state index < -0.39 is 17.7 Å². The Bertz CT molecular complexity index is 462. The van der Waals surface area contributed by atoms with E-state index in [0.29, 0.717) is 12.0 Å². The first-order chi connectivity index (χ1) is 9.97. The van der Waals surface area contributed by atoms with Crippen LogP contribution >= 0.6 is 0 Å². The molecule has 0 spiro atoms. The highest BCUT2D eigenvalue weighted by atomic mass is 19.2. The van der Waals surface area contributed by atoms with Crippen LogP contribution < -0.4 is 5.32 Å². The van der Waals surface area contributed by atoms with Crippen LogP contribution in [0.15, 0.2) is 18.2 Å². The van der Waals surface area contributed by atoms with Gasteiger partial charge in [0.2, 0.25) is 5.91 Å². The molecule has 2 N–H and O–H groups in total. The van der Waals surface area contributed by atoms with Crippen molar-refractivity contribution in [3.05, 3.63) is 35.4 Å². The lowest BCUT2D eigenvalue weighted by Gasteiger charge is -2.20. The molecule has 0 radical (unpaired) electrons. The van der Waals surface area contributed by atoms with Crippen molar-refractivity contribution in [2.24, 2.45) is 5.92 Å². The Morgan fingerprint density at radius 3 is 2.48 bits per heavy atom. The molecule has 0 heterocycles. The monoisotopic (exact) mass is 299 g/mol. The maximum absolute atomic E-state index is 13.0. The number of halogens is 2.